The Morgan fingerprint density at radius 3 is 2.62 bits per heavy atom. The molecule has 2 amide bonds. The number of nitrogens with zero attached hydrogens (tertiary/aromatic N) is 1. The summed E-state index contributed by atoms with van der Waals surface area (Å²) in [5.41, 5.74) is 2.96. The molecule has 1 N–H and O–H groups in total. The predicted octanol–water partition coefficient (Wildman–Crippen LogP) is 5.91. The average Bonchev–Trinajstić information content (AvgIpc) is 3.26. The van der Waals surface area contributed by atoms with Crippen molar-refractivity contribution >= 4 is 35.0 Å². The highest BCUT2D eigenvalue weighted by Crippen LogP contribution is 2.42. The normalized spacial score (nSPS) is 15.3. The quantitative estimate of drug-likeness (QED) is 0.389. The molecule has 7 heteroatoms. The van der Waals surface area contributed by atoms with Crippen LogP contribution in [0.3, 0.4) is 0 Å². The molecule has 0 saturated carbocycles. The van der Waals surface area contributed by atoms with Crippen LogP contribution in [0.25, 0.3) is 0 Å². The van der Waals surface area contributed by atoms with Crippen molar-refractivity contribution in [3.05, 3.63) is 83.9 Å². The molecule has 3 aromatic carbocycles. The maximum absolute atomic E-state index is 12.8. The number of ether oxygens (including phenoxy) is 2. The molecule has 1 fully saturated rings. The van der Waals surface area contributed by atoms with Crippen LogP contribution in [0.15, 0.2) is 72.8 Å². The van der Waals surface area contributed by atoms with Gasteiger partial charge in [0, 0.05) is 23.0 Å². The molecule has 34 heavy (non-hydrogen) atoms. The van der Waals surface area contributed by atoms with Crippen LogP contribution in [0.1, 0.15) is 41.1 Å². The molecule has 1 saturated heterocycles. The molecule has 6 nitrogen and oxygen atoms in total. The highest BCUT2D eigenvalue weighted by atomic mass is 32.2. The van der Waals surface area contributed by atoms with E-state index in [9.17, 15) is 9.59 Å². The first kappa shape index (κ1) is 23.7. The second-order valence-electron chi connectivity index (χ2n) is 7.93. The third-order valence-electron chi connectivity index (χ3n) is 5.51. The van der Waals surface area contributed by atoms with Crippen molar-refractivity contribution in [3.63, 3.8) is 0 Å². The first-order chi connectivity index (χ1) is 16.6. The van der Waals surface area contributed by atoms with E-state index in [2.05, 4.69) is 12.2 Å². The van der Waals surface area contributed by atoms with Gasteiger partial charge in [0.15, 0.2) is 0 Å². The molecule has 0 spiro atoms. The Balaban J connectivity index is 1.48. The zero-order valence-corrected chi connectivity index (χ0v) is 20.1. The van der Waals surface area contributed by atoms with Crippen molar-refractivity contribution in [2.75, 3.05) is 29.7 Å². The number of hydrogen-bond donors (Lipinski definition) is 1. The number of benzene rings is 3. The fraction of sp³-hybridized carbons (Fsp3) is 0.259. The van der Waals surface area contributed by atoms with E-state index >= 15 is 0 Å². The number of unbranched alkanes of at least 4 members (excludes halogenated alkanes) is 1. The molecule has 1 aliphatic heterocycles. The minimum absolute atomic E-state index is 0.0407. The van der Waals surface area contributed by atoms with Gasteiger partial charge in [0.25, 0.3) is 5.91 Å². The standard InChI is InChI=1S/C27H28N2O4S/c1-3-4-15-33-23-13-11-19(12-14-23)26(31)28-21-8-5-7-20(16-21)27-29(25(30)18-34-27)22-9-6-10-24(17-22)32-2/h5-14,16-17,27H,3-4,15,18H2,1-2H3,(H,28,31)/t27-/m0/s1. The number of rotatable bonds is 9. The lowest BCUT2D eigenvalue weighted by Crippen LogP contribution is -2.27. The highest BCUT2D eigenvalue weighted by molar-refractivity contribution is 8.00. The predicted molar refractivity (Wildman–Crippen MR) is 137 cm³/mol. The first-order valence-electron chi connectivity index (χ1n) is 11.3. The highest BCUT2D eigenvalue weighted by Gasteiger charge is 2.34. The van der Waals surface area contributed by atoms with E-state index in [0.29, 0.717) is 29.4 Å². The molecule has 3 aromatic rings. The van der Waals surface area contributed by atoms with E-state index in [0.717, 1.165) is 29.8 Å². The summed E-state index contributed by atoms with van der Waals surface area (Å²) < 4.78 is 11.0. The van der Waals surface area contributed by atoms with Gasteiger partial charge in [-0.2, -0.15) is 0 Å². The Hall–Kier alpha value is -3.45. The lowest BCUT2D eigenvalue weighted by molar-refractivity contribution is -0.115. The third kappa shape index (κ3) is 5.54. The van der Waals surface area contributed by atoms with Crippen molar-refractivity contribution in [1.82, 2.24) is 0 Å². The lowest BCUT2D eigenvalue weighted by Gasteiger charge is -2.25. The Labute approximate surface area is 204 Å². The molecule has 0 radical (unpaired) electrons. The Morgan fingerprint density at radius 1 is 1.06 bits per heavy atom. The van der Waals surface area contributed by atoms with Gasteiger partial charge in [0.1, 0.15) is 16.9 Å². The van der Waals surface area contributed by atoms with Crippen molar-refractivity contribution in [3.8, 4) is 11.5 Å². The fourth-order valence-corrected chi connectivity index (χ4v) is 4.89. The summed E-state index contributed by atoms with van der Waals surface area (Å²) in [5, 5.41) is 2.78. The van der Waals surface area contributed by atoms with Gasteiger partial charge in [-0.05, 0) is 60.5 Å². The van der Waals surface area contributed by atoms with Gasteiger partial charge in [-0.25, -0.2) is 0 Å². The minimum atomic E-state index is -0.197. The summed E-state index contributed by atoms with van der Waals surface area (Å²) in [7, 11) is 1.61. The van der Waals surface area contributed by atoms with Crippen molar-refractivity contribution in [2.24, 2.45) is 0 Å². The summed E-state index contributed by atoms with van der Waals surface area (Å²) in [6, 6.07) is 22.3. The van der Waals surface area contributed by atoms with Gasteiger partial charge in [-0.15, -0.1) is 11.8 Å². The van der Waals surface area contributed by atoms with Gasteiger partial charge in [0.2, 0.25) is 5.91 Å². The Bertz CT molecular complexity index is 1150. The minimum Gasteiger partial charge on any atom is -0.497 e. The number of amides is 2. The van der Waals surface area contributed by atoms with Crippen molar-refractivity contribution < 1.29 is 19.1 Å². The summed E-state index contributed by atoms with van der Waals surface area (Å²) in [6.07, 6.45) is 2.07. The largest absolute Gasteiger partial charge is 0.497 e. The summed E-state index contributed by atoms with van der Waals surface area (Å²) in [4.78, 5) is 27.3. The molecule has 0 bridgehead atoms. The van der Waals surface area contributed by atoms with Gasteiger partial charge >= 0.3 is 0 Å². The van der Waals surface area contributed by atoms with Crippen LogP contribution in [0.4, 0.5) is 11.4 Å². The van der Waals surface area contributed by atoms with E-state index in [1.807, 2.05) is 60.7 Å². The zero-order valence-electron chi connectivity index (χ0n) is 19.3. The molecular formula is C27H28N2O4S. The van der Waals surface area contributed by atoms with Crippen molar-refractivity contribution in [2.45, 2.75) is 25.1 Å². The van der Waals surface area contributed by atoms with Crippen molar-refractivity contribution in [1.29, 1.82) is 0 Å². The van der Waals surface area contributed by atoms with E-state index in [1.165, 1.54) is 0 Å². The monoisotopic (exact) mass is 476 g/mol. The molecule has 176 valence electrons. The van der Waals surface area contributed by atoms with Gasteiger partial charge < -0.3 is 14.8 Å². The van der Waals surface area contributed by atoms with Crippen LogP contribution in [-0.2, 0) is 4.79 Å². The fourth-order valence-electron chi connectivity index (χ4n) is 3.72. The number of thioether (sulfide) groups is 1. The maximum atomic E-state index is 12.8. The average molecular weight is 477 g/mol. The van der Waals surface area contributed by atoms with Gasteiger partial charge in [-0.3, -0.25) is 14.5 Å². The second kappa shape index (κ2) is 11.1. The van der Waals surface area contributed by atoms with Crippen LogP contribution >= 0.6 is 11.8 Å². The third-order valence-corrected chi connectivity index (χ3v) is 6.72. The molecule has 1 aliphatic rings. The van der Waals surface area contributed by atoms with E-state index in [4.69, 9.17) is 9.47 Å². The van der Waals surface area contributed by atoms with E-state index in [-0.39, 0.29) is 17.2 Å². The number of carbonyl (C=O) groups excluding carboxylic acids is 2. The maximum Gasteiger partial charge on any atom is 0.255 e. The van der Waals surface area contributed by atoms with Crippen LogP contribution in [0, 0.1) is 0 Å². The van der Waals surface area contributed by atoms with Gasteiger partial charge in [0.05, 0.1) is 19.5 Å². The van der Waals surface area contributed by atoms with E-state index < -0.39 is 0 Å². The zero-order chi connectivity index (χ0) is 23.9. The summed E-state index contributed by atoms with van der Waals surface area (Å²) >= 11 is 1.56. The smallest absolute Gasteiger partial charge is 0.255 e. The molecule has 1 heterocycles. The second-order valence-corrected chi connectivity index (χ2v) is 9.00. The SMILES string of the molecule is CCCCOc1ccc(C(=O)Nc2cccc([C@@H]3SCC(=O)N3c3cccc(OC)c3)c2)cc1. The molecule has 0 unspecified atom stereocenters. The van der Waals surface area contributed by atoms with Gasteiger partial charge in [-0.1, -0.05) is 31.5 Å². The molecule has 0 aromatic heterocycles. The molecular weight excluding hydrogens is 448 g/mol. The Morgan fingerprint density at radius 2 is 1.85 bits per heavy atom. The van der Waals surface area contributed by atoms with Crippen LogP contribution in [0.5, 0.6) is 11.5 Å². The Kier molecular flexibility index (Phi) is 7.75. The summed E-state index contributed by atoms with van der Waals surface area (Å²) in [6.45, 7) is 2.79. The number of hydrogen-bond acceptors (Lipinski definition) is 5. The van der Waals surface area contributed by atoms with Crippen LogP contribution < -0.4 is 19.7 Å². The van der Waals surface area contributed by atoms with Crippen LogP contribution in [-0.4, -0.2) is 31.3 Å². The van der Waals surface area contributed by atoms with E-state index in [1.54, 1.807) is 35.9 Å². The topological polar surface area (TPSA) is 67.9 Å². The number of anilines is 2. The molecule has 1 atom stereocenters. The summed E-state index contributed by atoms with van der Waals surface area (Å²) in [5.74, 6) is 1.69. The number of carbonyl (C=O) groups is 2. The molecule has 4 rings (SSSR count). The number of nitrogens with one attached hydrogen (secondary N) is 1. The molecule has 0 aliphatic carbocycles. The van der Waals surface area contributed by atoms with Crippen LogP contribution in [0.2, 0.25) is 0 Å². The number of methoxy groups -OCH3 is 1. The lowest BCUT2D eigenvalue weighted by atomic mass is 10.1. The first-order valence-corrected chi connectivity index (χ1v) is 12.4.